The first-order chi connectivity index (χ1) is 9.10. The number of carbonyl (C=O) groups is 1. The summed E-state index contributed by atoms with van der Waals surface area (Å²) in [5.74, 6) is -1.09. The van der Waals surface area contributed by atoms with Crippen molar-refractivity contribution >= 4 is 23.3 Å². The Balaban J connectivity index is 2.62. The van der Waals surface area contributed by atoms with Gasteiger partial charge in [-0.1, -0.05) is 18.5 Å². The monoisotopic (exact) mass is 287 g/mol. The zero-order valence-electron chi connectivity index (χ0n) is 10.8. The van der Waals surface area contributed by atoms with E-state index in [1.807, 2.05) is 11.8 Å². The lowest BCUT2D eigenvalue weighted by Gasteiger charge is -2.32. The normalized spacial score (nSPS) is 13.8. The summed E-state index contributed by atoms with van der Waals surface area (Å²) in [6, 6.07) is 1.40. The Morgan fingerprint density at radius 3 is 3.00 bits per heavy atom. The summed E-state index contributed by atoms with van der Waals surface area (Å²) in [5.41, 5.74) is 0.278. The number of hydrogen-bond donors (Lipinski definition) is 0. The highest BCUT2D eigenvalue weighted by Gasteiger charge is 2.30. The molecule has 1 heterocycles. The Kier molecular flexibility index (Phi) is 4.14. The molecular formula is C13H15ClFNO3. The lowest BCUT2D eigenvalue weighted by atomic mass is 10.1. The van der Waals surface area contributed by atoms with E-state index >= 15 is 0 Å². The van der Waals surface area contributed by atoms with E-state index in [4.69, 9.17) is 16.3 Å². The Hall–Kier alpha value is -1.49. The fraction of sp³-hybridized carbons (Fsp3) is 0.462. The van der Waals surface area contributed by atoms with Crippen molar-refractivity contribution in [1.29, 1.82) is 0 Å². The molecule has 0 amide bonds. The highest BCUT2D eigenvalue weighted by Crippen LogP contribution is 2.40. The number of fused-ring (bicyclic) bond motifs is 1. The number of methoxy groups -OCH3 is 1. The van der Waals surface area contributed by atoms with Crippen molar-refractivity contribution in [2.24, 2.45) is 0 Å². The zero-order chi connectivity index (χ0) is 14.0. The largest absolute Gasteiger partial charge is 0.489 e. The van der Waals surface area contributed by atoms with Crippen molar-refractivity contribution in [2.45, 2.75) is 13.3 Å². The van der Waals surface area contributed by atoms with Crippen molar-refractivity contribution in [2.75, 3.05) is 31.7 Å². The van der Waals surface area contributed by atoms with E-state index in [1.54, 1.807) is 0 Å². The van der Waals surface area contributed by atoms with Crippen LogP contribution in [0.4, 0.5) is 10.1 Å². The lowest BCUT2D eigenvalue weighted by Crippen LogP contribution is -2.35. The van der Waals surface area contributed by atoms with E-state index in [0.29, 0.717) is 31.1 Å². The minimum Gasteiger partial charge on any atom is -0.489 e. The molecule has 1 aliphatic heterocycles. The number of nitrogens with zero attached hydrogens (tertiary/aromatic N) is 1. The maximum absolute atomic E-state index is 14.1. The molecule has 0 saturated carbocycles. The third-order valence-corrected chi connectivity index (χ3v) is 3.25. The molecule has 0 bridgehead atoms. The van der Waals surface area contributed by atoms with E-state index in [-0.39, 0.29) is 10.6 Å². The Morgan fingerprint density at radius 1 is 1.63 bits per heavy atom. The van der Waals surface area contributed by atoms with Crippen molar-refractivity contribution < 1.29 is 18.7 Å². The van der Waals surface area contributed by atoms with Gasteiger partial charge in [0.1, 0.15) is 17.9 Å². The number of anilines is 1. The van der Waals surface area contributed by atoms with Crippen LogP contribution in [0.5, 0.6) is 5.75 Å². The molecule has 1 aliphatic rings. The minimum atomic E-state index is -0.765. The molecule has 0 N–H and O–H groups in total. The molecule has 0 saturated heterocycles. The molecular weight excluding hydrogens is 273 g/mol. The first-order valence-electron chi connectivity index (χ1n) is 6.08. The first kappa shape index (κ1) is 13.9. The fourth-order valence-electron chi connectivity index (χ4n) is 2.18. The maximum atomic E-state index is 14.1. The average Bonchev–Trinajstić information content (AvgIpc) is 2.40. The third kappa shape index (κ3) is 2.47. The number of carbonyl (C=O) groups excluding carboxylic acids is 1. The molecule has 2 rings (SSSR count). The van der Waals surface area contributed by atoms with Crippen LogP contribution >= 0.6 is 11.6 Å². The van der Waals surface area contributed by atoms with E-state index in [2.05, 4.69) is 4.74 Å². The summed E-state index contributed by atoms with van der Waals surface area (Å²) in [5, 5.41) is -0.141. The van der Waals surface area contributed by atoms with Gasteiger partial charge in [0.15, 0.2) is 5.82 Å². The number of halogens is 2. The van der Waals surface area contributed by atoms with Gasteiger partial charge < -0.3 is 14.4 Å². The lowest BCUT2D eigenvalue weighted by molar-refractivity contribution is 0.0595. The molecule has 0 atom stereocenters. The van der Waals surface area contributed by atoms with Crippen LogP contribution < -0.4 is 9.64 Å². The molecule has 0 aromatic heterocycles. The van der Waals surface area contributed by atoms with Gasteiger partial charge in [-0.2, -0.15) is 0 Å². The van der Waals surface area contributed by atoms with E-state index in [0.717, 1.165) is 6.42 Å². The van der Waals surface area contributed by atoms with Crippen molar-refractivity contribution in [1.82, 2.24) is 0 Å². The zero-order valence-corrected chi connectivity index (χ0v) is 11.6. The standard InChI is InChI=1S/C13H15ClFNO3/c1-3-4-16-5-6-19-9-7-8(14)11(15)10(12(9)16)13(17)18-2/h7H,3-6H2,1-2H3. The Morgan fingerprint density at radius 2 is 2.37 bits per heavy atom. The number of rotatable bonds is 3. The number of esters is 1. The van der Waals surface area contributed by atoms with Gasteiger partial charge in [-0.3, -0.25) is 0 Å². The number of benzene rings is 1. The summed E-state index contributed by atoms with van der Waals surface area (Å²) in [6.07, 6.45) is 0.879. The Labute approximate surface area is 116 Å². The van der Waals surface area contributed by atoms with Gasteiger partial charge in [-0.25, -0.2) is 9.18 Å². The molecule has 0 spiro atoms. The summed E-state index contributed by atoms with van der Waals surface area (Å²) in [4.78, 5) is 13.7. The fourth-order valence-corrected chi connectivity index (χ4v) is 2.37. The van der Waals surface area contributed by atoms with Crippen LogP contribution in [-0.4, -0.2) is 32.8 Å². The van der Waals surface area contributed by atoms with Crippen molar-refractivity contribution in [3.63, 3.8) is 0 Å². The van der Waals surface area contributed by atoms with E-state index in [9.17, 15) is 9.18 Å². The number of hydrogen-bond acceptors (Lipinski definition) is 4. The van der Waals surface area contributed by atoms with Gasteiger partial charge in [-0.15, -0.1) is 0 Å². The third-order valence-electron chi connectivity index (χ3n) is 2.98. The quantitative estimate of drug-likeness (QED) is 0.801. The van der Waals surface area contributed by atoms with Gasteiger partial charge >= 0.3 is 5.97 Å². The Bertz CT molecular complexity index is 507. The van der Waals surface area contributed by atoms with E-state index in [1.165, 1.54) is 13.2 Å². The number of ether oxygens (including phenoxy) is 2. The van der Waals surface area contributed by atoms with Crippen LogP contribution in [0.2, 0.25) is 5.02 Å². The topological polar surface area (TPSA) is 38.8 Å². The first-order valence-corrected chi connectivity index (χ1v) is 6.46. The molecule has 1 aromatic carbocycles. The van der Waals surface area contributed by atoms with E-state index < -0.39 is 11.8 Å². The summed E-state index contributed by atoms with van der Waals surface area (Å²) >= 11 is 5.80. The molecule has 104 valence electrons. The van der Waals surface area contributed by atoms with Crippen LogP contribution in [0.3, 0.4) is 0 Å². The predicted molar refractivity (Wildman–Crippen MR) is 70.7 cm³/mol. The highest BCUT2D eigenvalue weighted by atomic mass is 35.5. The maximum Gasteiger partial charge on any atom is 0.343 e. The van der Waals surface area contributed by atoms with Crippen molar-refractivity contribution in [3.05, 3.63) is 22.5 Å². The predicted octanol–water partition coefficient (Wildman–Crippen LogP) is 2.87. The van der Waals surface area contributed by atoms with Crippen LogP contribution in [0.15, 0.2) is 6.07 Å². The highest BCUT2D eigenvalue weighted by molar-refractivity contribution is 6.31. The van der Waals surface area contributed by atoms with Crippen molar-refractivity contribution in [3.8, 4) is 5.75 Å². The molecule has 0 fully saturated rings. The SMILES string of the molecule is CCCN1CCOc2cc(Cl)c(F)c(C(=O)OC)c21. The smallest absolute Gasteiger partial charge is 0.343 e. The van der Waals surface area contributed by atoms with Gasteiger partial charge in [0.25, 0.3) is 0 Å². The average molecular weight is 288 g/mol. The summed E-state index contributed by atoms with van der Waals surface area (Å²) < 4.78 is 24.2. The van der Waals surface area contributed by atoms with Crippen LogP contribution in [-0.2, 0) is 4.74 Å². The van der Waals surface area contributed by atoms with Gasteiger partial charge in [0.05, 0.1) is 24.4 Å². The summed E-state index contributed by atoms with van der Waals surface area (Å²) in [6.45, 7) is 3.81. The van der Waals surface area contributed by atoms with Crippen LogP contribution in [0, 0.1) is 5.82 Å². The second-order valence-electron chi connectivity index (χ2n) is 4.22. The molecule has 4 nitrogen and oxygen atoms in total. The molecule has 0 radical (unpaired) electrons. The van der Waals surface area contributed by atoms with Gasteiger partial charge in [-0.05, 0) is 6.42 Å². The van der Waals surface area contributed by atoms with Gasteiger partial charge in [0, 0.05) is 12.6 Å². The molecule has 6 heteroatoms. The minimum absolute atomic E-state index is 0.141. The second-order valence-corrected chi connectivity index (χ2v) is 4.63. The molecule has 0 aliphatic carbocycles. The molecule has 19 heavy (non-hydrogen) atoms. The molecule has 0 unspecified atom stereocenters. The van der Waals surface area contributed by atoms with Gasteiger partial charge in [0.2, 0.25) is 0 Å². The van der Waals surface area contributed by atoms with Crippen LogP contribution in [0.25, 0.3) is 0 Å². The second kappa shape index (κ2) is 5.65. The molecule has 1 aromatic rings. The summed E-state index contributed by atoms with van der Waals surface area (Å²) in [7, 11) is 1.21. The van der Waals surface area contributed by atoms with Crippen LogP contribution in [0.1, 0.15) is 23.7 Å².